The molecule has 0 spiro atoms. The number of nitrogens with one attached hydrogen (secondary N) is 1. The predicted molar refractivity (Wildman–Crippen MR) is 144 cm³/mol. The number of anilines is 2. The van der Waals surface area contributed by atoms with E-state index in [1.165, 1.54) is 6.07 Å². The fourth-order valence-corrected chi connectivity index (χ4v) is 4.51. The van der Waals surface area contributed by atoms with Crippen LogP contribution in [0.3, 0.4) is 0 Å². The molecule has 7 nitrogen and oxygen atoms in total. The Bertz CT molecular complexity index is 1120. The molecule has 0 radical (unpaired) electrons. The largest absolute Gasteiger partial charge is 0.444 e. The van der Waals surface area contributed by atoms with Gasteiger partial charge in [0.25, 0.3) is 5.91 Å². The molecule has 3 rings (SSSR count). The van der Waals surface area contributed by atoms with E-state index in [1.54, 1.807) is 22.1 Å². The molecule has 0 aliphatic carbocycles. The Hall–Kier alpha value is -2.43. The van der Waals surface area contributed by atoms with E-state index in [2.05, 4.69) is 24.1 Å². The minimum atomic E-state index is -0.591. The Morgan fingerprint density at radius 2 is 1.94 bits per heavy atom. The number of aromatic nitrogens is 1. The highest BCUT2D eigenvalue weighted by molar-refractivity contribution is 14.1. The molecule has 2 amide bonds. The summed E-state index contributed by atoms with van der Waals surface area (Å²) in [5.41, 5.74) is 2.87. The third-order valence-corrected chi connectivity index (χ3v) is 6.65. The van der Waals surface area contributed by atoms with Gasteiger partial charge in [0.15, 0.2) is 0 Å². The average molecular weight is 596 g/mol. The molecule has 2 heterocycles. The van der Waals surface area contributed by atoms with Crippen molar-refractivity contribution in [2.75, 3.05) is 25.0 Å². The maximum absolute atomic E-state index is 14.6. The lowest BCUT2D eigenvalue weighted by Crippen LogP contribution is -2.56. The van der Waals surface area contributed by atoms with Crippen LogP contribution < -0.4 is 5.32 Å². The van der Waals surface area contributed by atoms with Crippen LogP contribution in [-0.2, 0) is 4.74 Å². The van der Waals surface area contributed by atoms with E-state index < -0.39 is 17.5 Å². The normalized spacial score (nSPS) is 16.5. The van der Waals surface area contributed by atoms with Crippen LogP contribution in [0.2, 0.25) is 0 Å². The van der Waals surface area contributed by atoms with Crippen LogP contribution in [0.25, 0.3) is 0 Å². The first-order valence-corrected chi connectivity index (χ1v) is 12.9. The number of carbonyl (C=O) groups is 2. The second-order valence-corrected chi connectivity index (χ2v) is 11.4. The summed E-state index contributed by atoms with van der Waals surface area (Å²) in [5.74, 6) is -0.574. The highest BCUT2D eigenvalue weighted by atomic mass is 127. The first kappa shape index (κ1) is 27.2. The summed E-state index contributed by atoms with van der Waals surface area (Å²) in [6.07, 6.45) is 1.37. The Balaban J connectivity index is 1.89. The van der Waals surface area contributed by atoms with Crippen LogP contribution in [0, 0.1) is 16.3 Å². The van der Waals surface area contributed by atoms with Gasteiger partial charge in [0.05, 0.1) is 26.2 Å². The number of piperazine rings is 1. The molecule has 0 bridgehead atoms. The summed E-state index contributed by atoms with van der Waals surface area (Å²) in [6.45, 7) is 14.5. The quantitative estimate of drug-likeness (QED) is 0.433. The number of hydrogen-bond acceptors (Lipinski definition) is 5. The van der Waals surface area contributed by atoms with Gasteiger partial charge in [0.1, 0.15) is 11.4 Å². The van der Waals surface area contributed by atoms with Crippen LogP contribution in [0.5, 0.6) is 0 Å². The fraction of sp³-hybridized carbons (Fsp3) is 0.500. The maximum Gasteiger partial charge on any atom is 0.410 e. The second-order valence-electron chi connectivity index (χ2n) is 10.3. The van der Waals surface area contributed by atoms with E-state index in [4.69, 9.17) is 4.74 Å². The van der Waals surface area contributed by atoms with Crippen LogP contribution in [-0.4, -0.2) is 58.1 Å². The van der Waals surface area contributed by atoms with Crippen molar-refractivity contribution in [3.8, 4) is 0 Å². The van der Waals surface area contributed by atoms with Crippen molar-refractivity contribution in [1.82, 2.24) is 14.8 Å². The van der Waals surface area contributed by atoms with E-state index in [1.807, 2.05) is 63.3 Å². The highest BCUT2D eigenvalue weighted by Crippen LogP contribution is 2.32. The molecule has 1 aromatic heterocycles. The van der Waals surface area contributed by atoms with Gasteiger partial charge >= 0.3 is 6.09 Å². The molecule has 1 aromatic carbocycles. The van der Waals surface area contributed by atoms with Crippen LogP contribution in [0.15, 0.2) is 24.4 Å². The third-order valence-electron chi connectivity index (χ3n) is 5.83. The van der Waals surface area contributed by atoms with E-state index in [0.717, 1.165) is 16.9 Å². The minimum absolute atomic E-state index is 0.164. The molecular formula is C26H34FIN4O3. The number of carbonyl (C=O) groups excluding carboxylic acids is 2. The molecule has 1 aliphatic rings. The van der Waals surface area contributed by atoms with Gasteiger partial charge in [0.2, 0.25) is 0 Å². The number of benzene rings is 1. The molecule has 190 valence electrons. The first-order chi connectivity index (χ1) is 16.3. The molecule has 0 unspecified atom stereocenters. The predicted octanol–water partition coefficient (Wildman–Crippen LogP) is 6.08. The molecule has 35 heavy (non-hydrogen) atoms. The molecule has 1 aliphatic heterocycles. The molecule has 1 atom stereocenters. The Kier molecular flexibility index (Phi) is 8.28. The van der Waals surface area contributed by atoms with Crippen LogP contribution >= 0.6 is 22.6 Å². The molecule has 0 saturated carbocycles. The van der Waals surface area contributed by atoms with Gasteiger partial charge < -0.3 is 19.9 Å². The molecule has 2 aromatic rings. The number of halogens is 2. The van der Waals surface area contributed by atoms with E-state index in [-0.39, 0.29) is 23.4 Å². The van der Waals surface area contributed by atoms with Crippen molar-refractivity contribution in [2.24, 2.45) is 0 Å². The number of hydrogen-bond donors (Lipinski definition) is 1. The SMILES string of the molecule is Cc1ccnc(C(C)C)c1Nc1cc(I)c(F)cc1C(=O)N1CCN(C(=O)OC(C)(C)C)C[C@@H]1C. The summed E-state index contributed by atoms with van der Waals surface area (Å²) >= 11 is 1.93. The average Bonchev–Trinajstić information content (AvgIpc) is 2.75. The Morgan fingerprint density at radius 1 is 1.26 bits per heavy atom. The lowest BCUT2D eigenvalue weighted by atomic mass is 10.0. The van der Waals surface area contributed by atoms with Crippen molar-refractivity contribution < 1.29 is 18.7 Å². The summed E-state index contributed by atoms with van der Waals surface area (Å²) < 4.78 is 20.5. The van der Waals surface area contributed by atoms with Crippen molar-refractivity contribution >= 4 is 46.0 Å². The van der Waals surface area contributed by atoms with Gasteiger partial charge in [-0.25, -0.2) is 9.18 Å². The number of aryl methyl sites for hydroxylation is 1. The zero-order chi connectivity index (χ0) is 26.1. The summed E-state index contributed by atoms with van der Waals surface area (Å²) in [5, 5.41) is 3.38. The monoisotopic (exact) mass is 596 g/mol. The standard InChI is InChI=1S/C26H34FIN4O3/c1-15(2)22-23(16(3)8-9-29-22)30-21-13-20(28)19(27)12-18(21)24(33)32-11-10-31(14-17(32)4)25(34)35-26(5,6)7/h8-9,12-13,15,17,30H,10-11,14H2,1-7H3/t17-/m0/s1. The van der Waals surface area contributed by atoms with Crippen LogP contribution in [0.4, 0.5) is 20.6 Å². The summed E-state index contributed by atoms with van der Waals surface area (Å²) in [4.78, 5) is 34.0. The highest BCUT2D eigenvalue weighted by Gasteiger charge is 2.33. The topological polar surface area (TPSA) is 74.8 Å². The number of rotatable bonds is 4. The van der Waals surface area contributed by atoms with Crippen molar-refractivity contribution in [1.29, 1.82) is 0 Å². The Morgan fingerprint density at radius 3 is 2.54 bits per heavy atom. The van der Waals surface area contributed by atoms with Gasteiger partial charge in [-0.3, -0.25) is 9.78 Å². The number of pyridine rings is 1. The molecular weight excluding hydrogens is 562 g/mol. The Labute approximate surface area is 220 Å². The van der Waals surface area contributed by atoms with Gasteiger partial charge in [-0.15, -0.1) is 0 Å². The molecule has 1 saturated heterocycles. The lowest BCUT2D eigenvalue weighted by molar-refractivity contribution is 0.00618. The smallest absolute Gasteiger partial charge is 0.410 e. The third kappa shape index (κ3) is 6.42. The molecule has 9 heteroatoms. The molecule has 1 fully saturated rings. The van der Waals surface area contributed by atoms with E-state index >= 15 is 0 Å². The van der Waals surface area contributed by atoms with Crippen molar-refractivity contribution in [3.05, 3.63) is 50.6 Å². The zero-order valence-electron chi connectivity index (χ0n) is 21.4. The fourth-order valence-electron chi connectivity index (χ4n) is 4.05. The number of amides is 2. The number of nitrogens with zero attached hydrogens (tertiary/aromatic N) is 3. The molecule has 1 N–H and O–H groups in total. The maximum atomic E-state index is 14.6. The van der Waals surface area contributed by atoms with E-state index in [0.29, 0.717) is 28.9 Å². The zero-order valence-corrected chi connectivity index (χ0v) is 23.6. The number of ether oxygens (including phenoxy) is 1. The van der Waals surface area contributed by atoms with E-state index in [9.17, 15) is 14.0 Å². The minimum Gasteiger partial charge on any atom is -0.444 e. The summed E-state index contributed by atoms with van der Waals surface area (Å²) in [6, 6.07) is 4.59. The van der Waals surface area contributed by atoms with Gasteiger partial charge in [-0.1, -0.05) is 13.8 Å². The van der Waals surface area contributed by atoms with Crippen molar-refractivity contribution in [3.63, 3.8) is 0 Å². The second kappa shape index (κ2) is 10.7. The van der Waals surface area contributed by atoms with Crippen molar-refractivity contribution in [2.45, 2.75) is 66.0 Å². The van der Waals surface area contributed by atoms with Crippen LogP contribution in [0.1, 0.15) is 69.1 Å². The van der Waals surface area contributed by atoms with Gasteiger partial charge in [-0.05, 0) is 86.9 Å². The van der Waals surface area contributed by atoms with Gasteiger partial charge in [0, 0.05) is 31.9 Å². The lowest BCUT2D eigenvalue weighted by Gasteiger charge is -2.40. The first-order valence-electron chi connectivity index (χ1n) is 11.8. The summed E-state index contributed by atoms with van der Waals surface area (Å²) in [7, 11) is 0. The van der Waals surface area contributed by atoms with Gasteiger partial charge in [-0.2, -0.15) is 0 Å².